The van der Waals surface area contributed by atoms with Crippen LogP contribution in [0.2, 0.25) is 0 Å². The Bertz CT molecular complexity index is 810. The van der Waals surface area contributed by atoms with Gasteiger partial charge in [0.05, 0.1) is 17.6 Å². The summed E-state index contributed by atoms with van der Waals surface area (Å²) in [5, 5.41) is 1.72. The molecule has 0 unspecified atom stereocenters. The van der Waals surface area contributed by atoms with Crippen molar-refractivity contribution in [2.75, 3.05) is 6.61 Å². The van der Waals surface area contributed by atoms with Crippen molar-refractivity contribution in [3.05, 3.63) is 42.0 Å². The maximum Gasteiger partial charge on any atom is 0.294 e. The first-order valence-electron chi connectivity index (χ1n) is 7.06. The van der Waals surface area contributed by atoms with Gasteiger partial charge in [0.1, 0.15) is 0 Å². The topological polar surface area (TPSA) is 72.8 Å². The third-order valence-electron chi connectivity index (χ3n) is 3.77. The number of hydrogen-bond donors (Lipinski definition) is 1. The number of ether oxygens (including phenoxy) is 2. The van der Waals surface area contributed by atoms with Crippen molar-refractivity contribution in [3.63, 3.8) is 0 Å². The Morgan fingerprint density at radius 2 is 1.95 bits per heavy atom. The average Bonchev–Trinajstić information content (AvgIpc) is 2.77. The van der Waals surface area contributed by atoms with Crippen LogP contribution in [0.1, 0.15) is 19.4 Å². The van der Waals surface area contributed by atoms with Crippen LogP contribution in [0.15, 0.2) is 41.3 Å². The highest BCUT2D eigenvalue weighted by atomic mass is 32.2. The molecule has 0 saturated carbocycles. The van der Waals surface area contributed by atoms with E-state index in [1.165, 1.54) is 6.07 Å². The quantitative estimate of drug-likeness (QED) is 0.880. The maximum atomic E-state index is 11.7. The fourth-order valence-electron chi connectivity index (χ4n) is 2.86. The zero-order valence-electron chi connectivity index (χ0n) is 12.4. The van der Waals surface area contributed by atoms with Gasteiger partial charge in [0.15, 0.2) is 5.79 Å². The second-order valence-corrected chi connectivity index (χ2v) is 7.28. The molecular formula is C16H18O5S. The largest absolute Gasteiger partial charge is 0.348 e. The van der Waals surface area contributed by atoms with Crippen molar-refractivity contribution in [1.29, 1.82) is 0 Å². The predicted octanol–water partition coefficient (Wildman–Crippen LogP) is 2.78. The third-order valence-corrected chi connectivity index (χ3v) is 4.71. The van der Waals surface area contributed by atoms with Crippen LogP contribution in [0.4, 0.5) is 0 Å². The smallest absolute Gasteiger partial charge is 0.294 e. The van der Waals surface area contributed by atoms with Crippen LogP contribution in [0, 0.1) is 0 Å². The second-order valence-electron chi connectivity index (χ2n) is 5.89. The van der Waals surface area contributed by atoms with E-state index in [-0.39, 0.29) is 11.0 Å². The summed E-state index contributed by atoms with van der Waals surface area (Å²) in [5.41, 5.74) is 0.562. The monoisotopic (exact) mass is 322 g/mol. The summed E-state index contributed by atoms with van der Waals surface area (Å²) in [5.74, 6) is -0.673. The average molecular weight is 322 g/mol. The lowest BCUT2D eigenvalue weighted by molar-refractivity contribution is -0.138. The van der Waals surface area contributed by atoms with E-state index < -0.39 is 15.9 Å². The van der Waals surface area contributed by atoms with Gasteiger partial charge < -0.3 is 9.47 Å². The summed E-state index contributed by atoms with van der Waals surface area (Å²) >= 11 is 0. The first-order valence-corrected chi connectivity index (χ1v) is 8.50. The van der Waals surface area contributed by atoms with Gasteiger partial charge in [-0.15, -0.1) is 0 Å². The Kier molecular flexibility index (Phi) is 3.72. The van der Waals surface area contributed by atoms with Crippen molar-refractivity contribution in [2.24, 2.45) is 0 Å². The van der Waals surface area contributed by atoms with Crippen LogP contribution in [0.3, 0.4) is 0 Å². The van der Waals surface area contributed by atoms with E-state index in [4.69, 9.17) is 9.47 Å². The van der Waals surface area contributed by atoms with Crippen molar-refractivity contribution in [2.45, 2.75) is 37.1 Å². The number of fused-ring (bicyclic) bond motifs is 1. The molecule has 1 heterocycles. The molecule has 0 radical (unpaired) electrons. The highest BCUT2D eigenvalue weighted by Crippen LogP contribution is 2.31. The number of hydrogen-bond acceptors (Lipinski definition) is 4. The van der Waals surface area contributed by atoms with Gasteiger partial charge in [-0.3, -0.25) is 4.55 Å². The first kappa shape index (κ1) is 15.4. The van der Waals surface area contributed by atoms with Gasteiger partial charge in [-0.05, 0) is 36.2 Å². The van der Waals surface area contributed by atoms with E-state index in [9.17, 15) is 13.0 Å². The van der Waals surface area contributed by atoms with Gasteiger partial charge in [0, 0.05) is 6.42 Å². The van der Waals surface area contributed by atoms with Gasteiger partial charge in [-0.2, -0.15) is 8.42 Å². The van der Waals surface area contributed by atoms with Crippen molar-refractivity contribution >= 4 is 20.9 Å². The molecule has 1 fully saturated rings. The minimum atomic E-state index is -4.29. The van der Waals surface area contributed by atoms with Crippen LogP contribution in [0.5, 0.6) is 0 Å². The Labute approximate surface area is 129 Å². The minimum absolute atomic E-state index is 0.0699. The summed E-state index contributed by atoms with van der Waals surface area (Å²) in [6.07, 6.45) is 0.112. The Morgan fingerprint density at radius 3 is 2.59 bits per heavy atom. The molecule has 1 aliphatic heterocycles. The highest BCUT2D eigenvalue weighted by Gasteiger charge is 2.34. The molecule has 118 valence electrons. The highest BCUT2D eigenvalue weighted by molar-refractivity contribution is 7.85. The molecule has 0 bridgehead atoms. The van der Waals surface area contributed by atoms with E-state index in [2.05, 4.69) is 0 Å². The molecule has 1 N–H and O–H groups in total. The lowest BCUT2D eigenvalue weighted by Crippen LogP contribution is -2.23. The zero-order chi connectivity index (χ0) is 16.0. The lowest BCUT2D eigenvalue weighted by Gasteiger charge is -2.18. The molecule has 3 rings (SSSR count). The van der Waals surface area contributed by atoms with E-state index in [0.29, 0.717) is 18.6 Å². The summed E-state index contributed by atoms with van der Waals surface area (Å²) in [6, 6.07) is 10.6. The molecule has 1 saturated heterocycles. The van der Waals surface area contributed by atoms with Crippen LogP contribution in [-0.2, 0) is 26.0 Å². The summed E-state index contributed by atoms with van der Waals surface area (Å²) in [7, 11) is -4.29. The van der Waals surface area contributed by atoms with Crippen molar-refractivity contribution < 1.29 is 22.4 Å². The number of benzene rings is 2. The van der Waals surface area contributed by atoms with Crippen LogP contribution in [-0.4, -0.2) is 31.5 Å². The molecule has 5 nitrogen and oxygen atoms in total. The van der Waals surface area contributed by atoms with Gasteiger partial charge in [-0.25, -0.2) is 0 Å². The van der Waals surface area contributed by atoms with Crippen LogP contribution in [0.25, 0.3) is 10.8 Å². The summed E-state index contributed by atoms with van der Waals surface area (Å²) < 4.78 is 44.2. The molecule has 0 aromatic heterocycles. The molecular weight excluding hydrogens is 304 g/mol. The van der Waals surface area contributed by atoms with Crippen LogP contribution < -0.4 is 0 Å². The second kappa shape index (κ2) is 5.31. The third kappa shape index (κ3) is 3.01. The molecule has 1 atom stereocenters. The summed E-state index contributed by atoms with van der Waals surface area (Å²) in [4.78, 5) is -0.0699. The fourth-order valence-corrected chi connectivity index (χ4v) is 3.60. The maximum absolute atomic E-state index is 11.7. The van der Waals surface area contributed by atoms with Crippen LogP contribution >= 0.6 is 0 Å². The van der Waals surface area contributed by atoms with Gasteiger partial charge in [0.2, 0.25) is 0 Å². The molecule has 0 aliphatic carbocycles. The van der Waals surface area contributed by atoms with Crippen molar-refractivity contribution in [1.82, 2.24) is 0 Å². The molecule has 0 amide bonds. The zero-order valence-corrected chi connectivity index (χ0v) is 13.3. The van der Waals surface area contributed by atoms with Gasteiger partial charge in [-0.1, -0.05) is 30.3 Å². The standard InChI is InChI=1S/C16H18O5S/c1-16(2)20-10-12(21-16)9-14-13-6-4-3-5-11(13)7-8-15(14)22(17,18)19/h3-8,12H,9-10H2,1-2H3,(H,17,18,19)/t12-/m1/s1. The Morgan fingerprint density at radius 1 is 1.23 bits per heavy atom. The normalized spacial score (nSPS) is 21.3. The van der Waals surface area contributed by atoms with Gasteiger partial charge >= 0.3 is 0 Å². The SMILES string of the molecule is CC1(C)OC[C@@H](Cc2c(S(=O)(=O)O)ccc3ccccc23)O1. The fraction of sp³-hybridized carbons (Fsp3) is 0.375. The first-order chi connectivity index (χ1) is 10.3. The minimum Gasteiger partial charge on any atom is -0.348 e. The van der Waals surface area contributed by atoms with E-state index in [0.717, 1.165) is 10.8 Å². The van der Waals surface area contributed by atoms with Gasteiger partial charge in [0.25, 0.3) is 10.1 Å². The predicted molar refractivity (Wildman–Crippen MR) is 82.4 cm³/mol. The van der Waals surface area contributed by atoms with Crippen molar-refractivity contribution in [3.8, 4) is 0 Å². The molecule has 22 heavy (non-hydrogen) atoms. The lowest BCUT2D eigenvalue weighted by atomic mass is 10.00. The molecule has 0 spiro atoms. The number of rotatable bonds is 3. The van der Waals surface area contributed by atoms with E-state index in [1.54, 1.807) is 6.07 Å². The molecule has 1 aliphatic rings. The Balaban J connectivity index is 2.09. The summed E-state index contributed by atoms with van der Waals surface area (Å²) in [6.45, 7) is 4.03. The van der Waals surface area contributed by atoms with E-state index in [1.807, 2.05) is 38.1 Å². The Hall–Kier alpha value is -1.47. The molecule has 2 aromatic rings. The molecule has 6 heteroatoms. The van der Waals surface area contributed by atoms with E-state index >= 15 is 0 Å². The molecule has 2 aromatic carbocycles.